The molecule has 0 spiro atoms. The predicted molar refractivity (Wildman–Crippen MR) is 79.2 cm³/mol. The lowest BCUT2D eigenvalue weighted by Gasteiger charge is -2.35. The normalized spacial score (nSPS) is 28.2. The summed E-state index contributed by atoms with van der Waals surface area (Å²) < 4.78 is 0. The van der Waals surface area contributed by atoms with E-state index in [1.807, 2.05) is 11.3 Å². The van der Waals surface area contributed by atoms with Crippen LogP contribution in [0.1, 0.15) is 62.5 Å². The van der Waals surface area contributed by atoms with Crippen molar-refractivity contribution in [2.24, 2.45) is 5.92 Å². The van der Waals surface area contributed by atoms with Gasteiger partial charge in [-0.2, -0.15) is 0 Å². The Labute approximate surface area is 115 Å². The molecule has 0 bridgehead atoms. The van der Waals surface area contributed by atoms with Crippen LogP contribution in [0.2, 0.25) is 0 Å². The third-order valence-electron chi connectivity index (χ3n) is 4.20. The van der Waals surface area contributed by atoms with Crippen LogP contribution < -0.4 is 5.32 Å². The molecule has 1 heterocycles. The number of aryl methyl sites for hydroxylation is 2. The largest absolute Gasteiger partial charge is 0.303 e. The fraction of sp³-hybridized carbons (Fsp3) is 0.800. The summed E-state index contributed by atoms with van der Waals surface area (Å²) in [5.74, 6) is 0.690. The number of nitrogens with one attached hydrogen (secondary N) is 1. The molecule has 1 aromatic rings. The Hall–Kier alpha value is -0.410. The zero-order chi connectivity index (χ0) is 13.3. The highest BCUT2D eigenvalue weighted by molar-refractivity contribution is 7.11. The zero-order valence-corrected chi connectivity index (χ0v) is 13.2. The molecule has 2 nitrogen and oxygen atoms in total. The third-order valence-corrected chi connectivity index (χ3v) is 5.40. The highest BCUT2D eigenvalue weighted by Gasteiger charge is 2.44. The summed E-state index contributed by atoms with van der Waals surface area (Å²) in [4.78, 5) is 6.34. The van der Waals surface area contributed by atoms with E-state index in [9.17, 15) is 0 Å². The molecule has 102 valence electrons. The van der Waals surface area contributed by atoms with Crippen LogP contribution in [0, 0.1) is 12.8 Å². The first-order chi connectivity index (χ1) is 8.49. The van der Waals surface area contributed by atoms with Crippen LogP contribution in [0.15, 0.2) is 0 Å². The first-order valence-corrected chi connectivity index (χ1v) is 8.05. The number of nitrogens with zero attached hydrogens (tertiary/aromatic N) is 1. The quantitative estimate of drug-likeness (QED) is 0.890. The summed E-state index contributed by atoms with van der Waals surface area (Å²) in [6, 6.07) is 0.514. The van der Waals surface area contributed by atoms with Crippen molar-refractivity contribution in [3.63, 3.8) is 0 Å². The topological polar surface area (TPSA) is 24.9 Å². The molecule has 1 saturated carbocycles. The van der Waals surface area contributed by atoms with Crippen LogP contribution in [-0.2, 0) is 12.0 Å². The van der Waals surface area contributed by atoms with E-state index in [4.69, 9.17) is 4.98 Å². The van der Waals surface area contributed by atoms with Crippen LogP contribution in [0.25, 0.3) is 0 Å². The molecule has 0 aromatic carbocycles. The second-order valence-electron chi connectivity index (χ2n) is 5.94. The van der Waals surface area contributed by atoms with E-state index in [1.54, 1.807) is 0 Å². The summed E-state index contributed by atoms with van der Waals surface area (Å²) in [6.45, 7) is 11.3. The number of hydrogen-bond donors (Lipinski definition) is 1. The molecule has 2 unspecified atom stereocenters. The number of thiazole rings is 1. The van der Waals surface area contributed by atoms with E-state index < -0.39 is 0 Å². The Morgan fingerprint density at radius 2 is 2.22 bits per heavy atom. The van der Waals surface area contributed by atoms with Crippen molar-refractivity contribution >= 4 is 11.3 Å². The zero-order valence-electron chi connectivity index (χ0n) is 12.3. The molecule has 18 heavy (non-hydrogen) atoms. The van der Waals surface area contributed by atoms with Gasteiger partial charge in [-0.15, -0.1) is 11.3 Å². The molecule has 1 aliphatic rings. The smallest absolute Gasteiger partial charge is 0.114 e. The van der Waals surface area contributed by atoms with E-state index in [0.717, 1.165) is 6.42 Å². The van der Waals surface area contributed by atoms with E-state index in [-0.39, 0.29) is 5.54 Å². The minimum atomic E-state index is 0.136. The maximum Gasteiger partial charge on any atom is 0.114 e. The molecular weight excluding hydrogens is 240 g/mol. The van der Waals surface area contributed by atoms with Crippen molar-refractivity contribution in [2.75, 3.05) is 0 Å². The Morgan fingerprint density at radius 1 is 1.50 bits per heavy atom. The SMILES string of the molecule is CCc1nc(C2(NC(C)C)CCCC2C)sc1C. The summed E-state index contributed by atoms with van der Waals surface area (Å²) in [7, 11) is 0. The lowest BCUT2D eigenvalue weighted by atomic mass is 9.88. The Kier molecular flexibility index (Phi) is 4.12. The predicted octanol–water partition coefficient (Wildman–Crippen LogP) is 4.03. The molecule has 0 radical (unpaired) electrons. The van der Waals surface area contributed by atoms with Gasteiger partial charge in [0.1, 0.15) is 5.01 Å². The third kappa shape index (κ3) is 2.35. The van der Waals surface area contributed by atoms with Gasteiger partial charge in [-0.3, -0.25) is 0 Å². The van der Waals surface area contributed by atoms with Gasteiger partial charge in [0.05, 0.1) is 11.2 Å². The lowest BCUT2D eigenvalue weighted by molar-refractivity contribution is 0.241. The van der Waals surface area contributed by atoms with Gasteiger partial charge in [-0.05, 0) is 46.0 Å². The summed E-state index contributed by atoms with van der Waals surface area (Å²) in [5, 5.41) is 5.16. The van der Waals surface area contributed by atoms with Gasteiger partial charge < -0.3 is 5.32 Å². The molecule has 2 atom stereocenters. The molecule has 0 saturated heterocycles. The second-order valence-corrected chi connectivity index (χ2v) is 7.14. The molecule has 2 rings (SSSR count). The molecule has 3 heteroatoms. The minimum absolute atomic E-state index is 0.136. The first kappa shape index (κ1) is 14.0. The van der Waals surface area contributed by atoms with Gasteiger partial charge >= 0.3 is 0 Å². The van der Waals surface area contributed by atoms with Crippen LogP contribution in [0.5, 0.6) is 0 Å². The van der Waals surface area contributed by atoms with E-state index in [2.05, 4.69) is 39.9 Å². The molecule has 1 N–H and O–H groups in total. The Balaban J connectivity index is 2.39. The fourth-order valence-corrected chi connectivity index (χ4v) is 4.53. The van der Waals surface area contributed by atoms with Gasteiger partial charge in [0.2, 0.25) is 0 Å². The van der Waals surface area contributed by atoms with Crippen LogP contribution in [0.4, 0.5) is 0 Å². The molecule has 1 aromatic heterocycles. The number of hydrogen-bond acceptors (Lipinski definition) is 3. The highest BCUT2D eigenvalue weighted by atomic mass is 32.1. The Bertz CT molecular complexity index is 411. The van der Waals surface area contributed by atoms with E-state index >= 15 is 0 Å². The van der Waals surface area contributed by atoms with Crippen LogP contribution in [-0.4, -0.2) is 11.0 Å². The van der Waals surface area contributed by atoms with Gasteiger partial charge in [-0.25, -0.2) is 4.98 Å². The average molecular weight is 266 g/mol. The molecule has 1 fully saturated rings. The van der Waals surface area contributed by atoms with Crippen molar-refractivity contribution in [2.45, 2.75) is 71.9 Å². The van der Waals surface area contributed by atoms with Gasteiger partial charge in [0.25, 0.3) is 0 Å². The van der Waals surface area contributed by atoms with Gasteiger partial charge in [0.15, 0.2) is 0 Å². The highest BCUT2D eigenvalue weighted by Crippen LogP contribution is 2.45. The summed E-state index contributed by atoms with van der Waals surface area (Å²) in [5.41, 5.74) is 1.43. The standard InChI is InChI=1S/C15H26N2S/c1-6-13-12(5)18-14(16-13)15(17-10(2)3)9-7-8-11(15)4/h10-11,17H,6-9H2,1-5H3. The van der Waals surface area contributed by atoms with Crippen molar-refractivity contribution < 1.29 is 0 Å². The summed E-state index contributed by atoms with van der Waals surface area (Å²) >= 11 is 1.91. The molecule has 0 amide bonds. The molecule has 1 aliphatic carbocycles. The van der Waals surface area contributed by atoms with Gasteiger partial charge in [0, 0.05) is 10.9 Å². The Morgan fingerprint density at radius 3 is 2.67 bits per heavy atom. The summed E-state index contributed by atoms with van der Waals surface area (Å²) in [6.07, 6.45) is 4.93. The van der Waals surface area contributed by atoms with Crippen molar-refractivity contribution in [3.8, 4) is 0 Å². The maximum absolute atomic E-state index is 4.94. The minimum Gasteiger partial charge on any atom is -0.303 e. The van der Waals surface area contributed by atoms with Crippen LogP contribution >= 0.6 is 11.3 Å². The van der Waals surface area contributed by atoms with E-state index in [1.165, 1.54) is 34.8 Å². The molecular formula is C15H26N2S. The second kappa shape index (κ2) is 5.30. The van der Waals surface area contributed by atoms with Crippen molar-refractivity contribution in [1.29, 1.82) is 0 Å². The lowest BCUT2D eigenvalue weighted by Crippen LogP contribution is -2.47. The number of rotatable bonds is 4. The van der Waals surface area contributed by atoms with Crippen LogP contribution in [0.3, 0.4) is 0 Å². The molecule has 0 aliphatic heterocycles. The fourth-order valence-electron chi connectivity index (χ4n) is 3.24. The monoisotopic (exact) mass is 266 g/mol. The van der Waals surface area contributed by atoms with Crippen molar-refractivity contribution in [3.05, 3.63) is 15.6 Å². The van der Waals surface area contributed by atoms with E-state index in [0.29, 0.717) is 12.0 Å². The van der Waals surface area contributed by atoms with Crippen molar-refractivity contribution in [1.82, 2.24) is 10.3 Å². The van der Waals surface area contributed by atoms with Gasteiger partial charge in [-0.1, -0.05) is 20.3 Å². The first-order valence-electron chi connectivity index (χ1n) is 7.24. The average Bonchev–Trinajstić information content (AvgIpc) is 2.83. The number of aromatic nitrogens is 1. The maximum atomic E-state index is 4.94.